The van der Waals surface area contributed by atoms with E-state index in [4.69, 9.17) is 23.4 Å². The van der Waals surface area contributed by atoms with Gasteiger partial charge in [0.1, 0.15) is 24.2 Å². The Balaban J connectivity index is 1.94. The first-order chi connectivity index (χ1) is 18.3. The molecule has 1 aliphatic heterocycles. The lowest BCUT2D eigenvalue weighted by Gasteiger charge is -2.37. The normalized spacial score (nSPS) is 16.5. The van der Waals surface area contributed by atoms with E-state index in [0.717, 1.165) is 12.8 Å². The highest BCUT2D eigenvalue weighted by atomic mass is 79.9. The minimum atomic E-state index is -2.19. The number of halogens is 1. The maximum Gasteiger partial charge on any atom is 0.347 e. The second-order valence-electron chi connectivity index (χ2n) is 11.0. The molecule has 3 rings (SSSR count). The molecule has 2 aromatic rings. The molecule has 214 valence electrons. The Hall–Kier alpha value is -2.50. The topological polar surface area (TPSA) is 106 Å². The van der Waals surface area contributed by atoms with Gasteiger partial charge in [-0.05, 0) is 72.0 Å². The Labute approximate surface area is 240 Å². The van der Waals surface area contributed by atoms with Crippen molar-refractivity contribution in [1.82, 2.24) is 9.97 Å². The molecule has 0 aliphatic carbocycles. The highest BCUT2D eigenvalue weighted by Crippen LogP contribution is 2.41. The molecule has 0 bridgehead atoms. The third kappa shape index (κ3) is 8.49. The van der Waals surface area contributed by atoms with E-state index in [0.29, 0.717) is 39.7 Å². The molecule has 2 atom stereocenters. The lowest BCUT2D eigenvalue weighted by atomic mass is 10.1. The highest BCUT2D eigenvalue weighted by molar-refractivity contribution is 9.10. The first-order valence-electron chi connectivity index (χ1n) is 13.2. The Morgan fingerprint density at radius 1 is 1.23 bits per heavy atom. The minimum absolute atomic E-state index is 0.0270. The number of rotatable bonds is 11. The summed E-state index contributed by atoms with van der Waals surface area (Å²) in [5.41, 5.74) is 1.33. The van der Waals surface area contributed by atoms with Gasteiger partial charge in [0.05, 0.1) is 16.8 Å². The number of benzene rings is 1. The van der Waals surface area contributed by atoms with Crippen LogP contribution in [0, 0.1) is 0 Å². The monoisotopic (exact) mass is 622 g/mol. The second kappa shape index (κ2) is 13.2. The van der Waals surface area contributed by atoms with E-state index in [1.54, 1.807) is 19.2 Å². The van der Waals surface area contributed by atoms with E-state index >= 15 is 0 Å². The Morgan fingerprint density at radius 3 is 2.59 bits per heavy atom. The molecule has 1 aromatic carbocycles. The quantitative estimate of drug-likeness (QED) is 0.217. The number of nitrogens with zero attached hydrogens (tertiary/aromatic N) is 2. The Bertz CT molecular complexity index is 1160. The van der Waals surface area contributed by atoms with E-state index in [9.17, 15) is 9.59 Å². The molecular weight excluding hydrogens is 584 g/mol. The summed E-state index contributed by atoms with van der Waals surface area (Å²) in [5, 5.41) is -0.0270. The number of carbonyl (C=O) groups is 2. The predicted octanol–water partition coefficient (Wildman–Crippen LogP) is 6.09. The van der Waals surface area contributed by atoms with Gasteiger partial charge in [-0.25, -0.2) is 14.8 Å². The van der Waals surface area contributed by atoms with Gasteiger partial charge in [-0.3, -0.25) is 4.79 Å². The van der Waals surface area contributed by atoms with Crippen LogP contribution in [-0.2, 0) is 36.8 Å². The summed E-state index contributed by atoms with van der Waals surface area (Å²) in [5.74, 6) is 0.587. The van der Waals surface area contributed by atoms with Crippen molar-refractivity contribution in [2.75, 3.05) is 13.2 Å². The largest absolute Gasteiger partial charge is 0.543 e. The zero-order valence-electron chi connectivity index (χ0n) is 23.8. The van der Waals surface area contributed by atoms with Crippen LogP contribution in [0.1, 0.15) is 70.6 Å². The average Bonchev–Trinajstić information content (AvgIpc) is 3.39. The van der Waals surface area contributed by atoms with Crippen LogP contribution in [0.2, 0.25) is 18.1 Å². The number of esters is 2. The molecule has 0 saturated carbocycles. The summed E-state index contributed by atoms with van der Waals surface area (Å²) < 4.78 is 29.7. The smallest absolute Gasteiger partial charge is 0.347 e. The van der Waals surface area contributed by atoms with Crippen molar-refractivity contribution in [2.45, 2.75) is 90.8 Å². The maximum absolute atomic E-state index is 12.6. The SMILES string of the molecule is CCOC(=O)C(Cc1cc(O[Si](C)(C)C(C)(C)C)c(Br)cc1OCc1ccnc(C2CCCO2)n1)OC(C)=O. The lowest BCUT2D eigenvalue weighted by molar-refractivity contribution is -0.166. The zero-order chi connectivity index (χ0) is 28.8. The second-order valence-corrected chi connectivity index (χ2v) is 16.6. The zero-order valence-corrected chi connectivity index (χ0v) is 26.4. The van der Waals surface area contributed by atoms with Crippen molar-refractivity contribution in [3.05, 3.63) is 46.0 Å². The third-order valence-corrected chi connectivity index (χ3v) is 11.8. The maximum atomic E-state index is 12.6. The van der Waals surface area contributed by atoms with E-state index in [1.165, 1.54) is 6.92 Å². The molecule has 1 fully saturated rings. The van der Waals surface area contributed by atoms with E-state index in [1.807, 2.05) is 12.1 Å². The summed E-state index contributed by atoms with van der Waals surface area (Å²) in [7, 11) is -2.19. The van der Waals surface area contributed by atoms with Gasteiger partial charge in [0.2, 0.25) is 6.10 Å². The van der Waals surface area contributed by atoms with Crippen LogP contribution in [0.3, 0.4) is 0 Å². The van der Waals surface area contributed by atoms with Crippen molar-refractivity contribution in [3.63, 3.8) is 0 Å². The fourth-order valence-electron chi connectivity index (χ4n) is 3.77. The van der Waals surface area contributed by atoms with Gasteiger partial charge in [0.15, 0.2) is 5.82 Å². The first-order valence-corrected chi connectivity index (χ1v) is 16.9. The fraction of sp³-hybridized carbons (Fsp3) is 0.571. The van der Waals surface area contributed by atoms with Gasteiger partial charge < -0.3 is 23.4 Å². The van der Waals surface area contributed by atoms with E-state index in [2.05, 4.69) is 59.8 Å². The fourth-order valence-corrected chi connectivity index (χ4v) is 5.34. The summed E-state index contributed by atoms with van der Waals surface area (Å²) in [4.78, 5) is 33.4. The molecule has 0 spiro atoms. The van der Waals surface area contributed by atoms with Crippen LogP contribution in [0.25, 0.3) is 0 Å². The molecule has 1 aromatic heterocycles. The summed E-state index contributed by atoms with van der Waals surface area (Å²) in [6, 6.07) is 5.45. The molecule has 9 nitrogen and oxygen atoms in total. The van der Waals surface area contributed by atoms with Crippen molar-refractivity contribution >= 4 is 36.2 Å². The van der Waals surface area contributed by atoms with Crippen molar-refractivity contribution in [2.24, 2.45) is 0 Å². The molecule has 1 saturated heterocycles. The highest BCUT2D eigenvalue weighted by Gasteiger charge is 2.39. The average molecular weight is 624 g/mol. The van der Waals surface area contributed by atoms with Gasteiger partial charge in [-0.15, -0.1) is 0 Å². The number of hydrogen-bond acceptors (Lipinski definition) is 9. The van der Waals surface area contributed by atoms with Crippen molar-refractivity contribution in [1.29, 1.82) is 0 Å². The van der Waals surface area contributed by atoms with Crippen LogP contribution in [0.15, 0.2) is 28.9 Å². The third-order valence-electron chi connectivity index (χ3n) is 6.87. The first kappa shape index (κ1) is 31.0. The standard InChI is InChI=1S/C28H39BrN2O7Si/c1-8-34-27(33)25(37-18(2)32)15-19-14-24(38-39(6,7)28(3,4)5)21(29)16-23(19)36-17-20-11-12-30-26(31-20)22-10-9-13-35-22/h11-12,14,16,22,25H,8-10,13,15,17H2,1-7H3. The molecule has 1 aliphatic rings. The van der Waals surface area contributed by atoms with Crippen LogP contribution >= 0.6 is 15.9 Å². The molecular formula is C28H39BrN2O7Si. The molecule has 0 radical (unpaired) electrons. The molecule has 0 amide bonds. The van der Waals surface area contributed by atoms with Gasteiger partial charge in [0.25, 0.3) is 8.32 Å². The number of ether oxygens (including phenoxy) is 4. The minimum Gasteiger partial charge on any atom is -0.543 e. The molecule has 0 N–H and O–H groups in total. The van der Waals surface area contributed by atoms with Crippen LogP contribution in [-0.4, -0.2) is 49.5 Å². The van der Waals surface area contributed by atoms with Gasteiger partial charge in [-0.1, -0.05) is 20.8 Å². The summed E-state index contributed by atoms with van der Waals surface area (Å²) in [6.45, 7) is 14.8. The van der Waals surface area contributed by atoms with E-state index in [-0.39, 0.29) is 30.8 Å². The molecule has 2 heterocycles. The molecule has 11 heteroatoms. The van der Waals surface area contributed by atoms with Gasteiger partial charge >= 0.3 is 11.9 Å². The number of hydrogen-bond donors (Lipinski definition) is 0. The van der Waals surface area contributed by atoms with E-state index < -0.39 is 26.4 Å². The van der Waals surface area contributed by atoms with Crippen LogP contribution < -0.4 is 9.16 Å². The Morgan fingerprint density at radius 2 is 1.97 bits per heavy atom. The van der Waals surface area contributed by atoms with Gasteiger partial charge in [-0.2, -0.15) is 0 Å². The number of carbonyl (C=O) groups excluding carboxylic acids is 2. The van der Waals surface area contributed by atoms with Crippen molar-refractivity contribution < 1.29 is 33.0 Å². The predicted molar refractivity (Wildman–Crippen MR) is 152 cm³/mol. The molecule has 39 heavy (non-hydrogen) atoms. The lowest BCUT2D eigenvalue weighted by Crippen LogP contribution is -2.44. The van der Waals surface area contributed by atoms with Crippen molar-refractivity contribution in [3.8, 4) is 11.5 Å². The van der Waals surface area contributed by atoms with Crippen LogP contribution in [0.4, 0.5) is 0 Å². The Kier molecular flexibility index (Phi) is 10.5. The summed E-state index contributed by atoms with van der Waals surface area (Å²) in [6.07, 6.45) is 2.40. The van der Waals surface area contributed by atoms with Gasteiger partial charge in [0, 0.05) is 31.7 Å². The van der Waals surface area contributed by atoms with Crippen LogP contribution in [0.5, 0.6) is 11.5 Å². The molecule has 2 unspecified atom stereocenters. The summed E-state index contributed by atoms with van der Waals surface area (Å²) >= 11 is 3.64. The number of aromatic nitrogens is 2.